The molecule has 0 saturated carbocycles. The predicted molar refractivity (Wildman–Crippen MR) is 121 cm³/mol. The lowest BCUT2D eigenvalue weighted by Crippen LogP contribution is -2.35. The highest BCUT2D eigenvalue weighted by atomic mass is 35.5. The van der Waals surface area contributed by atoms with Crippen molar-refractivity contribution in [3.63, 3.8) is 0 Å². The number of benzene rings is 3. The van der Waals surface area contributed by atoms with E-state index in [1.165, 1.54) is 12.1 Å². The van der Waals surface area contributed by atoms with Crippen LogP contribution in [0.15, 0.2) is 72.8 Å². The standard InChI is InChI=1S/C24H18Cl2FNO4/c25-18-7-4-8-19(23(18)26)28-20(13-21(29)15-5-2-1-3-6-15)24(31)32-14-22(30)16-9-11-17(27)12-10-16/h1-12,20,28H,13-14H2. The summed E-state index contributed by atoms with van der Waals surface area (Å²) < 4.78 is 18.2. The van der Waals surface area contributed by atoms with Gasteiger partial charge < -0.3 is 10.1 Å². The summed E-state index contributed by atoms with van der Waals surface area (Å²) in [6.45, 7) is -0.564. The van der Waals surface area contributed by atoms with Gasteiger partial charge in [0, 0.05) is 17.5 Å². The third kappa shape index (κ3) is 6.15. The molecule has 0 saturated heterocycles. The fourth-order valence-electron chi connectivity index (χ4n) is 2.88. The van der Waals surface area contributed by atoms with Crippen LogP contribution in [-0.4, -0.2) is 30.2 Å². The van der Waals surface area contributed by atoms with Crippen molar-refractivity contribution >= 4 is 46.4 Å². The normalized spacial score (nSPS) is 11.5. The van der Waals surface area contributed by atoms with Crippen molar-refractivity contribution < 1.29 is 23.5 Å². The molecule has 0 radical (unpaired) electrons. The first-order valence-corrected chi connectivity index (χ1v) is 10.3. The first-order chi connectivity index (χ1) is 15.3. The van der Waals surface area contributed by atoms with Crippen LogP contribution in [0.25, 0.3) is 0 Å². The van der Waals surface area contributed by atoms with Gasteiger partial charge in [0.05, 0.1) is 15.7 Å². The molecule has 0 heterocycles. The first kappa shape index (κ1) is 23.4. The smallest absolute Gasteiger partial charge is 0.329 e. The summed E-state index contributed by atoms with van der Waals surface area (Å²) in [4.78, 5) is 37.7. The molecule has 0 spiro atoms. The highest BCUT2D eigenvalue weighted by Crippen LogP contribution is 2.30. The third-order valence-electron chi connectivity index (χ3n) is 4.56. The number of nitrogens with one attached hydrogen (secondary N) is 1. The molecule has 0 bridgehead atoms. The summed E-state index contributed by atoms with van der Waals surface area (Å²) in [5, 5.41) is 3.34. The lowest BCUT2D eigenvalue weighted by molar-refractivity contribution is -0.143. The van der Waals surface area contributed by atoms with Crippen LogP contribution in [0, 0.1) is 5.82 Å². The van der Waals surface area contributed by atoms with Gasteiger partial charge in [-0.1, -0.05) is 59.6 Å². The Morgan fingerprint density at radius 2 is 1.50 bits per heavy atom. The Morgan fingerprint density at radius 3 is 2.19 bits per heavy atom. The summed E-state index contributed by atoms with van der Waals surface area (Å²) in [5.74, 6) is -2.11. The molecule has 164 valence electrons. The number of ketones is 2. The van der Waals surface area contributed by atoms with Gasteiger partial charge in [0.1, 0.15) is 11.9 Å². The van der Waals surface area contributed by atoms with Crippen LogP contribution in [0.5, 0.6) is 0 Å². The molecule has 0 fully saturated rings. The molecule has 1 atom stereocenters. The number of hydrogen-bond donors (Lipinski definition) is 1. The van der Waals surface area contributed by atoms with E-state index in [1.54, 1.807) is 48.5 Å². The van der Waals surface area contributed by atoms with E-state index in [-0.39, 0.29) is 27.8 Å². The Balaban J connectivity index is 1.75. The van der Waals surface area contributed by atoms with Crippen LogP contribution in [0.2, 0.25) is 10.0 Å². The number of Topliss-reactive ketones (excluding diaryl/α,β-unsaturated/α-hetero) is 2. The zero-order chi connectivity index (χ0) is 23.1. The Kier molecular flexibility index (Phi) is 7.98. The second-order valence-electron chi connectivity index (χ2n) is 6.83. The van der Waals surface area contributed by atoms with Crippen molar-refractivity contribution in [3.8, 4) is 0 Å². The highest BCUT2D eigenvalue weighted by molar-refractivity contribution is 6.43. The fourth-order valence-corrected chi connectivity index (χ4v) is 3.24. The Hall–Kier alpha value is -3.22. The Labute approximate surface area is 194 Å². The van der Waals surface area contributed by atoms with Gasteiger partial charge in [-0.15, -0.1) is 0 Å². The van der Waals surface area contributed by atoms with Crippen molar-refractivity contribution in [2.75, 3.05) is 11.9 Å². The van der Waals surface area contributed by atoms with E-state index >= 15 is 0 Å². The quantitative estimate of drug-likeness (QED) is 0.322. The van der Waals surface area contributed by atoms with Gasteiger partial charge >= 0.3 is 5.97 Å². The number of halogens is 3. The molecule has 0 aliphatic carbocycles. The molecular formula is C24H18Cl2FNO4. The molecule has 1 N–H and O–H groups in total. The van der Waals surface area contributed by atoms with Gasteiger partial charge in [0.15, 0.2) is 18.2 Å². The maximum atomic E-state index is 13.0. The minimum atomic E-state index is -1.13. The Bertz CT molecular complexity index is 1120. The lowest BCUT2D eigenvalue weighted by Gasteiger charge is -2.19. The number of carbonyl (C=O) groups is 3. The van der Waals surface area contributed by atoms with Crippen molar-refractivity contribution in [2.45, 2.75) is 12.5 Å². The molecule has 3 rings (SSSR count). The van der Waals surface area contributed by atoms with Gasteiger partial charge in [-0.05, 0) is 36.4 Å². The zero-order valence-corrected chi connectivity index (χ0v) is 18.2. The molecule has 3 aromatic carbocycles. The summed E-state index contributed by atoms with van der Waals surface area (Å²) >= 11 is 12.2. The van der Waals surface area contributed by atoms with Crippen LogP contribution in [0.3, 0.4) is 0 Å². The zero-order valence-electron chi connectivity index (χ0n) is 16.7. The molecule has 0 amide bonds. The maximum absolute atomic E-state index is 13.0. The van der Waals surface area contributed by atoms with Gasteiger partial charge in [0.2, 0.25) is 0 Å². The first-order valence-electron chi connectivity index (χ1n) is 9.59. The number of anilines is 1. The molecule has 0 aliphatic heterocycles. The van der Waals surface area contributed by atoms with Crippen molar-refractivity contribution in [3.05, 3.63) is 99.8 Å². The molecule has 8 heteroatoms. The van der Waals surface area contributed by atoms with Crippen LogP contribution in [-0.2, 0) is 9.53 Å². The lowest BCUT2D eigenvalue weighted by atomic mass is 10.0. The van der Waals surface area contributed by atoms with Gasteiger partial charge in [-0.2, -0.15) is 0 Å². The van der Waals surface area contributed by atoms with Crippen LogP contribution >= 0.6 is 23.2 Å². The largest absolute Gasteiger partial charge is 0.456 e. The molecule has 0 aromatic heterocycles. The number of ether oxygens (including phenoxy) is 1. The number of carbonyl (C=O) groups excluding carboxylic acids is 3. The summed E-state index contributed by atoms with van der Waals surface area (Å²) in [6.07, 6.45) is -0.240. The van der Waals surface area contributed by atoms with Gasteiger partial charge in [-0.3, -0.25) is 9.59 Å². The van der Waals surface area contributed by atoms with Crippen molar-refractivity contribution in [1.82, 2.24) is 0 Å². The second-order valence-corrected chi connectivity index (χ2v) is 7.61. The molecule has 0 aliphatic rings. The number of rotatable bonds is 9. The van der Waals surface area contributed by atoms with E-state index in [4.69, 9.17) is 27.9 Å². The predicted octanol–water partition coefficient (Wildman–Crippen LogP) is 5.61. The summed E-state index contributed by atoms with van der Waals surface area (Å²) in [6, 6.07) is 17.0. The van der Waals surface area contributed by atoms with Crippen LogP contribution in [0.1, 0.15) is 27.1 Å². The van der Waals surface area contributed by atoms with E-state index in [9.17, 15) is 18.8 Å². The van der Waals surface area contributed by atoms with E-state index in [0.717, 1.165) is 12.1 Å². The van der Waals surface area contributed by atoms with Gasteiger partial charge in [0.25, 0.3) is 0 Å². The fraction of sp³-hybridized carbons (Fsp3) is 0.125. The van der Waals surface area contributed by atoms with Crippen LogP contribution < -0.4 is 5.32 Å². The molecular weight excluding hydrogens is 456 g/mol. The molecule has 5 nitrogen and oxygen atoms in total. The maximum Gasteiger partial charge on any atom is 0.329 e. The summed E-state index contributed by atoms with van der Waals surface area (Å²) in [7, 11) is 0. The molecule has 1 unspecified atom stereocenters. The molecule has 3 aromatic rings. The van der Waals surface area contributed by atoms with E-state index in [1.807, 2.05) is 0 Å². The van der Waals surface area contributed by atoms with E-state index in [0.29, 0.717) is 11.3 Å². The third-order valence-corrected chi connectivity index (χ3v) is 5.38. The molecule has 32 heavy (non-hydrogen) atoms. The van der Waals surface area contributed by atoms with Crippen molar-refractivity contribution in [2.24, 2.45) is 0 Å². The average Bonchev–Trinajstić information content (AvgIpc) is 2.80. The van der Waals surface area contributed by atoms with Crippen LogP contribution in [0.4, 0.5) is 10.1 Å². The van der Waals surface area contributed by atoms with Gasteiger partial charge in [-0.25, -0.2) is 9.18 Å². The highest BCUT2D eigenvalue weighted by Gasteiger charge is 2.26. The average molecular weight is 474 g/mol. The Morgan fingerprint density at radius 1 is 0.844 bits per heavy atom. The topological polar surface area (TPSA) is 72.5 Å². The van der Waals surface area contributed by atoms with E-state index < -0.39 is 30.2 Å². The van der Waals surface area contributed by atoms with E-state index in [2.05, 4.69) is 5.32 Å². The monoisotopic (exact) mass is 473 g/mol. The minimum Gasteiger partial charge on any atom is -0.456 e. The number of esters is 1. The summed E-state index contributed by atoms with van der Waals surface area (Å²) in [5.41, 5.74) is 0.959. The minimum absolute atomic E-state index is 0.182. The number of hydrogen-bond acceptors (Lipinski definition) is 5. The second kappa shape index (κ2) is 10.9. The van der Waals surface area contributed by atoms with Crippen molar-refractivity contribution in [1.29, 1.82) is 0 Å². The SMILES string of the molecule is O=C(COC(=O)C(CC(=O)c1ccccc1)Nc1cccc(Cl)c1Cl)c1ccc(F)cc1.